The van der Waals surface area contributed by atoms with Crippen LogP contribution >= 0.6 is 0 Å². The fraction of sp³-hybridized carbons (Fsp3) is 0.625. The van der Waals surface area contributed by atoms with Crippen molar-refractivity contribution in [3.8, 4) is 0 Å². The third-order valence-corrected chi connectivity index (χ3v) is 4.47. The van der Waals surface area contributed by atoms with Gasteiger partial charge in [0, 0.05) is 0 Å². The molecule has 1 saturated carbocycles. The van der Waals surface area contributed by atoms with Gasteiger partial charge in [0.1, 0.15) is 0 Å². The zero-order chi connectivity index (χ0) is 12.4. The first-order valence-electron chi connectivity index (χ1n) is 7.34. The molecule has 18 heavy (non-hydrogen) atoms. The second-order valence-corrected chi connectivity index (χ2v) is 5.80. The summed E-state index contributed by atoms with van der Waals surface area (Å²) < 4.78 is 0. The molecular formula is C16H23NO. The van der Waals surface area contributed by atoms with Crippen molar-refractivity contribution in [3.05, 3.63) is 35.4 Å². The van der Waals surface area contributed by atoms with Gasteiger partial charge in [0.2, 0.25) is 0 Å². The quantitative estimate of drug-likeness (QED) is 0.810. The lowest BCUT2D eigenvalue weighted by molar-refractivity contribution is -0.0440. The van der Waals surface area contributed by atoms with Crippen LogP contribution in [0.4, 0.5) is 0 Å². The van der Waals surface area contributed by atoms with Gasteiger partial charge in [-0.15, -0.1) is 0 Å². The van der Waals surface area contributed by atoms with Crippen LogP contribution in [0.1, 0.15) is 68.5 Å². The first-order valence-corrected chi connectivity index (χ1v) is 7.34. The largest absolute Gasteiger partial charge is 0.298 e. The highest BCUT2D eigenvalue weighted by molar-refractivity contribution is 5.34. The zero-order valence-electron chi connectivity index (χ0n) is 11.2. The minimum atomic E-state index is 0.387. The first kappa shape index (κ1) is 12.2. The van der Waals surface area contributed by atoms with Crippen LogP contribution in [0.25, 0.3) is 0 Å². The third-order valence-electron chi connectivity index (χ3n) is 4.47. The van der Waals surface area contributed by atoms with Crippen LogP contribution < -0.4 is 5.48 Å². The molecular weight excluding hydrogens is 222 g/mol. The molecule has 0 radical (unpaired) electrons. The van der Waals surface area contributed by atoms with E-state index in [4.69, 9.17) is 4.84 Å². The van der Waals surface area contributed by atoms with E-state index in [0.29, 0.717) is 18.1 Å². The Kier molecular flexibility index (Phi) is 3.67. The van der Waals surface area contributed by atoms with Crippen molar-refractivity contribution < 1.29 is 4.84 Å². The Bertz CT molecular complexity index is 398. The van der Waals surface area contributed by atoms with E-state index in [0.717, 1.165) is 0 Å². The van der Waals surface area contributed by atoms with Gasteiger partial charge in [-0.3, -0.25) is 4.84 Å². The lowest BCUT2D eigenvalue weighted by Crippen LogP contribution is -2.29. The predicted molar refractivity (Wildman–Crippen MR) is 73.3 cm³/mol. The molecule has 3 rings (SSSR count). The molecule has 1 N–H and O–H groups in total. The highest BCUT2D eigenvalue weighted by Crippen LogP contribution is 2.37. The molecule has 2 nitrogen and oxygen atoms in total. The lowest BCUT2D eigenvalue weighted by Gasteiger charge is -2.30. The van der Waals surface area contributed by atoms with Crippen LogP contribution in [0, 0.1) is 0 Å². The Morgan fingerprint density at radius 3 is 2.50 bits per heavy atom. The summed E-state index contributed by atoms with van der Waals surface area (Å²) >= 11 is 0. The highest BCUT2D eigenvalue weighted by atomic mass is 16.7. The minimum absolute atomic E-state index is 0.387. The minimum Gasteiger partial charge on any atom is -0.298 e. The van der Waals surface area contributed by atoms with E-state index in [1.54, 1.807) is 0 Å². The van der Waals surface area contributed by atoms with Crippen molar-refractivity contribution in [3.63, 3.8) is 0 Å². The maximum atomic E-state index is 5.88. The van der Waals surface area contributed by atoms with E-state index < -0.39 is 0 Å². The van der Waals surface area contributed by atoms with Crippen molar-refractivity contribution in [2.45, 2.75) is 63.5 Å². The summed E-state index contributed by atoms with van der Waals surface area (Å²) in [5, 5.41) is 0. The van der Waals surface area contributed by atoms with Gasteiger partial charge >= 0.3 is 0 Å². The molecule has 2 atom stereocenters. The van der Waals surface area contributed by atoms with E-state index in [9.17, 15) is 0 Å². The van der Waals surface area contributed by atoms with Gasteiger partial charge in [0.15, 0.2) is 0 Å². The fourth-order valence-corrected chi connectivity index (χ4v) is 3.31. The number of nitrogens with one attached hydrogen (secondary N) is 1. The molecule has 0 saturated heterocycles. The predicted octanol–water partition coefficient (Wildman–Crippen LogP) is 4.09. The molecule has 0 heterocycles. The summed E-state index contributed by atoms with van der Waals surface area (Å²) in [6.07, 6.45) is 7.97. The SMILES string of the molecule is CC1CCC(NOC2CCCC2)c2ccccc21. The Morgan fingerprint density at radius 1 is 1.00 bits per heavy atom. The molecule has 0 spiro atoms. The van der Waals surface area contributed by atoms with E-state index in [1.165, 1.54) is 49.7 Å². The van der Waals surface area contributed by atoms with Gasteiger partial charge in [-0.1, -0.05) is 44.0 Å². The van der Waals surface area contributed by atoms with E-state index in [2.05, 4.69) is 36.7 Å². The normalized spacial score (nSPS) is 28.3. The smallest absolute Gasteiger partial charge is 0.0790 e. The second kappa shape index (κ2) is 5.41. The van der Waals surface area contributed by atoms with Crippen LogP contribution in [-0.4, -0.2) is 6.10 Å². The number of hydroxylamine groups is 1. The summed E-state index contributed by atoms with van der Waals surface area (Å²) in [4.78, 5) is 5.88. The Hall–Kier alpha value is -0.860. The fourth-order valence-electron chi connectivity index (χ4n) is 3.31. The van der Waals surface area contributed by atoms with Crippen LogP contribution in [0.3, 0.4) is 0 Å². The number of benzene rings is 1. The summed E-state index contributed by atoms with van der Waals surface area (Å²) in [5.41, 5.74) is 6.28. The van der Waals surface area contributed by atoms with Gasteiger partial charge in [-0.25, -0.2) is 0 Å². The molecule has 1 aromatic carbocycles. The molecule has 0 bridgehead atoms. The molecule has 0 aliphatic heterocycles. The maximum Gasteiger partial charge on any atom is 0.0790 e. The van der Waals surface area contributed by atoms with Gasteiger partial charge in [0.05, 0.1) is 12.1 Å². The highest BCUT2D eigenvalue weighted by Gasteiger charge is 2.25. The Labute approximate surface area is 110 Å². The Balaban J connectivity index is 1.68. The van der Waals surface area contributed by atoms with Gasteiger partial charge in [-0.05, 0) is 42.7 Å². The maximum absolute atomic E-state index is 5.88. The van der Waals surface area contributed by atoms with Crippen molar-refractivity contribution in [1.82, 2.24) is 5.48 Å². The lowest BCUT2D eigenvalue weighted by atomic mass is 9.81. The van der Waals surface area contributed by atoms with E-state index >= 15 is 0 Å². The molecule has 98 valence electrons. The number of fused-ring (bicyclic) bond motifs is 1. The van der Waals surface area contributed by atoms with Gasteiger partial charge < -0.3 is 0 Å². The Morgan fingerprint density at radius 2 is 1.72 bits per heavy atom. The average Bonchev–Trinajstić information content (AvgIpc) is 2.92. The van der Waals surface area contributed by atoms with Crippen molar-refractivity contribution in [2.75, 3.05) is 0 Å². The average molecular weight is 245 g/mol. The van der Waals surface area contributed by atoms with Crippen LogP contribution in [0.5, 0.6) is 0 Å². The molecule has 2 aliphatic rings. The number of hydrogen-bond donors (Lipinski definition) is 1. The van der Waals surface area contributed by atoms with E-state index in [-0.39, 0.29) is 0 Å². The first-order chi connectivity index (χ1) is 8.84. The topological polar surface area (TPSA) is 21.3 Å². The second-order valence-electron chi connectivity index (χ2n) is 5.80. The third kappa shape index (κ3) is 2.45. The summed E-state index contributed by atoms with van der Waals surface area (Å²) in [6, 6.07) is 9.19. The monoisotopic (exact) mass is 245 g/mol. The van der Waals surface area contributed by atoms with Gasteiger partial charge in [-0.2, -0.15) is 5.48 Å². The standard InChI is InChI=1S/C16H23NO/c1-12-10-11-16(15-9-5-4-8-14(12)15)17-18-13-6-2-3-7-13/h4-5,8-9,12-13,16-17H,2-3,6-7,10-11H2,1H3. The summed E-state index contributed by atoms with van der Waals surface area (Å²) in [6.45, 7) is 2.33. The summed E-state index contributed by atoms with van der Waals surface area (Å²) in [7, 11) is 0. The molecule has 2 aliphatic carbocycles. The number of rotatable bonds is 3. The van der Waals surface area contributed by atoms with Crippen molar-refractivity contribution >= 4 is 0 Å². The molecule has 0 amide bonds. The molecule has 0 aromatic heterocycles. The molecule has 1 aromatic rings. The van der Waals surface area contributed by atoms with Crippen molar-refractivity contribution in [2.24, 2.45) is 0 Å². The summed E-state index contributed by atoms with van der Waals surface area (Å²) in [5.74, 6) is 0.686. The molecule has 2 heteroatoms. The van der Waals surface area contributed by atoms with Crippen LogP contribution in [-0.2, 0) is 4.84 Å². The molecule has 2 unspecified atom stereocenters. The van der Waals surface area contributed by atoms with Crippen molar-refractivity contribution in [1.29, 1.82) is 0 Å². The van der Waals surface area contributed by atoms with Crippen LogP contribution in [0.2, 0.25) is 0 Å². The van der Waals surface area contributed by atoms with Gasteiger partial charge in [0.25, 0.3) is 0 Å². The number of hydrogen-bond acceptors (Lipinski definition) is 2. The van der Waals surface area contributed by atoms with E-state index in [1.807, 2.05) is 0 Å². The molecule has 1 fully saturated rings. The van der Waals surface area contributed by atoms with Crippen LogP contribution in [0.15, 0.2) is 24.3 Å². The zero-order valence-corrected chi connectivity index (χ0v) is 11.2.